The van der Waals surface area contributed by atoms with E-state index in [9.17, 15) is 0 Å². The van der Waals surface area contributed by atoms with E-state index in [1.165, 1.54) is 0 Å². The zero-order valence-corrected chi connectivity index (χ0v) is 8.26. The maximum atomic E-state index is 5.37. The van der Waals surface area contributed by atoms with Crippen molar-refractivity contribution in [2.24, 2.45) is 5.84 Å². The number of methoxy groups -OCH3 is 1. The predicted molar refractivity (Wildman–Crippen MR) is 51.6 cm³/mol. The summed E-state index contributed by atoms with van der Waals surface area (Å²) < 4.78 is 5.29. The van der Waals surface area contributed by atoms with Gasteiger partial charge in [-0.3, -0.25) is 11.3 Å². The van der Waals surface area contributed by atoms with Crippen molar-refractivity contribution in [1.82, 2.24) is 5.43 Å². The molecule has 12 heavy (non-hydrogen) atoms. The van der Waals surface area contributed by atoms with Crippen LogP contribution in [0.15, 0.2) is 12.7 Å². The fourth-order valence-electron chi connectivity index (χ4n) is 1.09. The van der Waals surface area contributed by atoms with Crippen molar-refractivity contribution in [3.63, 3.8) is 0 Å². The summed E-state index contributed by atoms with van der Waals surface area (Å²) in [5, 5.41) is 0. The average Bonchev–Trinajstić information content (AvgIpc) is 2.03. The molecule has 0 fully saturated rings. The number of hydrogen-bond donors (Lipinski definition) is 2. The molecule has 3 heteroatoms. The van der Waals surface area contributed by atoms with Crippen LogP contribution in [0.1, 0.15) is 26.7 Å². The van der Waals surface area contributed by atoms with Crippen LogP contribution in [-0.4, -0.2) is 18.8 Å². The number of nitrogens with one attached hydrogen (secondary N) is 1. The Morgan fingerprint density at radius 2 is 2.25 bits per heavy atom. The number of nitrogens with two attached hydrogens (primary N) is 1. The molecule has 0 aliphatic carbocycles. The molecule has 0 bridgehead atoms. The van der Waals surface area contributed by atoms with Gasteiger partial charge in [-0.15, -0.1) is 6.58 Å². The van der Waals surface area contributed by atoms with Gasteiger partial charge in [0.15, 0.2) is 0 Å². The molecule has 3 N–H and O–H groups in total. The summed E-state index contributed by atoms with van der Waals surface area (Å²) in [6, 6.07) is 0.248. The Kier molecular flexibility index (Phi) is 5.13. The molecule has 0 aliphatic heterocycles. The highest BCUT2D eigenvalue weighted by Crippen LogP contribution is 2.16. The first kappa shape index (κ1) is 11.6. The topological polar surface area (TPSA) is 47.3 Å². The number of hydrogen-bond acceptors (Lipinski definition) is 3. The molecular weight excluding hydrogens is 152 g/mol. The summed E-state index contributed by atoms with van der Waals surface area (Å²) in [5.41, 5.74) is 2.62. The van der Waals surface area contributed by atoms with Crippen LogP contribution in [0, 0.1) is 0 Å². The standard InChI is InChI=1S/C9H20N2O/c1-5-6-8(11-10)7-9(2,3)12-4/h5,8,11H,1,6-7,10H2,2-4H3. The normalized spacial score (nSPS) is 14.3. The minimum atomic E-state index is -0.125. The molecule has 0 saturated heterocycles. The zero-order valence-electron chi connectivity index (χ0n) is 8.26. The summed E-state index contributed by atoms with van der Waals surface area (Å²) in [7, 11) is 1.71. The molecule has 0 spiro atoms. The lowest BCUT2D eigenvalue weighted by Crippen LogP contribution is -2.40. The van der Waals surface area contributed by atoms with E-state index in [2.05, 4.69) is 12.0 Å². The minimum absolute atomic E-state index is 0.125. The van der Waals surface area contributed by atoms with Gasteiger partial charge < -0.3 is 4.74 Å². The van der Waals surface area contributed by atoms with Crippen molar-refractivity contribution in [3.05, 3.63) is 12.7 Å². The Balaban J connectivity index is 3.91. The Labute approximate surface area is 74.9 Å². The molecule has 3 nitrogen and oxygen atoms in total. The highest BCUT2D eigenvalue weighted by molar-refractivity contribution is 4.82. The Hall–Kier alpha value is -0.380. The zero-order chi connectivity index (χ0) is 9.61. The van der Waals surface area contributed by atoms with Gasteiger partial charge in [0.25, 0.3) is 0 Å². The number of rotatable bonds is 6. The highest BCUT2D eigenvalue weighted by atomic mass is 16.5. The van der Waals surface area contributed by atoms with E-state index in [1.807, 2.05) is 19.9 Å². The van der Waals surface area contributed by atoms with Gasteiger partial charge in [-0.2, -0.15) is 0 Å². The Morgan fingerprint density at radius 3 is 2.58 bits per heavy atom. The van der Waals surface area contributed by atoms with Crippen molar-refractivity contribution in [2.45, 2.75) is 38.3 Å². The first-order valence-electron chi connectivity index (χ1n) is 4.18. The van der Waals surface area contributed by atoms with Gasteiger partial charge in [0.2, 0.25) is 0 Å². The quantitative estimate of drug-likeness (QED) is 0.359. The monoisotopic (exact) mass is 172 g/mol. The van der Waals surface area contributed by atoms with E-state index in [4.69, 9.17) is 10.6 Å². The Bertz CT molecular complexity index is 134. The molecular formula is C9H20N2O. The van der Waals surface area contributed by atoms with Crippen molar-refractivity contribution in [2.75, 3.05) is 7.11 Å². The fourth-order valence-corrected chi connectivity index (χ4v) is 1.09. The van der Waals surface area contributed by atoms with E-state index in [0.29, 0.717) is 0 Å². The molecule has 0 aromatic carbocycles. The van der Waals surface area contributed by atoms with Gasteiger partial charge in [-0.25, -0.2) is 0 Å². The first-order chi connectivity index (χ1) is 5.55. The number of hydrazine groups is 1. The molecule has 0 rings (SSSR count). The van der Waals surface area contributed by atoms with Crippen LogP contribution in [0.4, 0.5) is 0 Å². The smallest absolute Gasteiger partial charge is 0.0638 e. The van der Waals surface area contributed by atoms with Crippen LogP contribution in [0.25, 0.3) is 0 Å². The van der Waals surface area contributed by atoms with Crippen molar-refractivity contribution >= 4 is 0 Å². The number of ether oxygens (including phenoxy) is 1. The van der Waals surface area contributed by atoms with Crippen LogP contribution in [-0.2, 0) is 4.74 Å². The molecule has 0 aliphatic rings. The molecule has 0 radical (unpaired) electrons. The highest BCUT2D eigenvalue weighted by Gasteiger charge is 2.20. The van der Waals surface area contributed by atoms with Crippen LogP contribution < -0.4 is 11.3 Å². The molecule has 0 amide bonds. The van der Waals surface area contributed by atoms with E-state index in [1.54, 1.807) is 7.11 Å². The van der Waals surface area contributed by atoms with Crippen molar-refractivity contribution < 1.29 is 4.74 Å². The van der Waals surface area contributed by atoms with Crippen molar-refractivity contribution in [3.8, 4) is 0 Å². The third-order valence-electron chi connectivity index (χ3n) is 1.98. The minimum Gasteiger partial charge on any atom is -0.379 e. The molecule has 0 saturated carbocycles. The molecule has 0 aromatic heterocycles. The fraction of sp³-hybridized carbons (Fsp3) is 0.778. The van der Waals surface area contributed by atoms with Crippen LogP contribution in [0.2, 0.25) is 0 Å². The van der Waals surface area contributed by atoms with Gasteiger partial charge in [-0.1, -0.05) is 6.08 Å². The lowest BCUT2D eigenvalue weighted by Gasteiger charge is -2.27. The van der Waals surface area contributed by atoms with Gasteiger partial charge in [0.1, 0.15) is 0 Å². The first-order valence-corrected chi connectivity index (χ1v) is 4.18. The Morgan fingerprint density at radius 1 is 1.67 bits per heavy atom. The van der Waals surface area contributed by atoms with Crippen molar-refractivity contribution in [1.29, 1.82) is 0 Å². The molecule has 0 heterocycles. The van der Waals surface area contributed by atoms with E-state index in [-0.39, 0.29) is 11.6 Å². The third kappa shape index (κ3) is 4.49. The van der Waals surface area contributed by atoms with Gasteiger partial charge >= 0.3 is 0 Å². The van der Waals surface area contributed by atoms with Gasteiger partial charge in [0.05, 0.1) is 5.60 Å². The lowest BCUT2D eigenvalue weighted by atomic mass is 9.97. The second kappa shape index (κ2) is 5.30. The summed E-state index contributed by atoms with van der Waals surface area (Å²) in [6.07, 6.45) is 3.60. The molecule has 1 atom stereocenters. The average molecular weight is 172 g/mol. The third-order valence-corrected chi connectivity index (χ3v) is 1.98. The second-order valence-corrected chi connectivity index (χ2v) is 3.56. The molecule has 0 aromatic rings. The van der Waals surface area contributed by atoms with E-state index < -0.39 is 0 Å². The largest absolute Gasteiger partial charge is 0.379 e. The van der Waals surface area contributed by atoms with E-state index >= 15 is 0 Å². The van der Waals surface area contributed by atoms with Gasteiger partial charge in [0, 0.05) is 13.2 Å². The van der Waals surface area contributed by atoms with Crippen LogP contribution in [0.5, 0.6) is 0 Å². The predicted octanol–water partition coefficient (Wildman–Crippen LogP) is 1.21. The maximum absolute atomic E-state index is 5.37. The second-order valence-electron chi connectivity index (χ2n) is 3.56. The summed E-state index contributed by atoms with van der Waals surface area (Å²) in [5.74, 6) is 5.37. The molecule has 72 valence electrons. The van der Waals surface area contributed by atoms with Crippen LogP contribution >= 0.6 is 0 Å². The van der Waals surface area contributed by atoms with E-state index in [0.717, 1.165) is 12.8 Å². The summed E-state index contributed by atoms with van der Waals surface area (Å²) in [4.78, 5) is 0. The maximum Gasteiger partial charge on any atom is 0.0638 e. The molecule has 1 unspecified atom stereocenters. The SMILES string of the molecule is C=CCC(CC(C)(C)OC)NN. The summed E-state index contributed by atoms with van der Waals surface area (Å²) >= 11 is 0. The van der Waals surface area contributed by atoms with Crippen LogP contribution in [0.3, 0.4) is 0 Å². The summed E-state index contributed by atoms with van der Waals surface area (Å²) in [6.45, 7) is 7.75. The lowest BCUT2D eigenvalue weighted by molar-refractivity contribution is 0.00732. The van der Waals surface area contributed by atoms with Gasteiger partial charge in [-0.05, 0) is 26.7 Å².